The number of carbonyl (C=O) groups is 1. The Bertz CT molecular complexity index is 342. The Morgan fingerprint density at radius 2 is 2.43 bits per heavy atom. The van der Waals surface area contributed by atoms with Gasteiger partial charge in [-0.2, -0.15) is 0 Å². The minimum absolute atomic E-state index is 0.273. The van der Waals surface area contributed by atoms with Crippen molar-refractivity contribution in [2.45, 2.75) is 12.5 Å². The highest BCUT2D eigenvalue weighted by atomic mass is 16.5. The first-order valence-electron chi connectivity index (χ1n) is 4.12. The number of terminal acetylenes is 1. The zero-order chi connectivity index (χ0) is 10.4. The summed E-state index contributed by atoms with van der Waals surface area (Å²) in [6.45, 7) is 0. The fourth-order valence-electron chi connectivity index (χ4n) is 0.891. The summed E-state index contributed by atoms with van der Waals surface area (Å²) in [4.78, 5) is 10.6. The van der Waals surface area contributed by atoms with Crippen LogP contribution < -0.4 is 0 Å². The molecular formula is C11H10O3. The van der Waals surface area contributed by atoms with E-state index in [4.69, 9.17) is 11.2 Å². The monoisotopic (exact) mass is 190 g/mol. The molecule has 1 aliphatic rings. The van der Waals surface area contributed by atoms with Crippen LogP contribution in [0.15, 0.2) is 36.1 Å². The molecule has 72 valence electrons. The Morgan fingerprint density at radius 3 is 3.00 bits per heavy atom. The van der Waals surface area contributed by atoms with Gasteiger partial charge in [-0.1, -0.05) is 12.2 Å². The summed E-state index contributed by atoms with van der Waals surface area (Å²) >= 11 is 0. The van der Waals surface area contributed by atoms with Crippen LogP contribution in [0, 0.1) is 12.3 Å². The Labute approximate surface area is 82.4 Å². The maximum atomic E-state index is 10.6. The van der Waals surface area contributed by atoms with Crippen LogP contribution in [0.4, 0.5) is 0 Å². The van der Waals surface area contributed by atoms with Crippen molar-refractivity contribution in [3.8, 4) is 12.3 Å². The maximum Gasteiger partial charge on any atom is 0.336 e. The molecule has 14 heavy (non-hydrogen) atoms. The minimum atomic E-state index is -0.655. The summed E-state index contributed by atoms with van der Waals surface area (Å²) in [5.41, 5.74) is 0. The number of carbonyl (C=O) groups excluding carboxylic acids is 1. The van der Waals surface area contributed by atoms with Gasteiger partial charge in [-0.15, -0.1) is 12.3 Å². The van der Waals surface area contributed by atoms with Crippen LogP contribution in [0.5, 0.6) is 0 Å². The van der Waals surface area contributed by atoms with Gasteiger partial charge in [-0.25, -0.2) is 4.79 Å². The Morgan fingerprint density at radius 1 is 1.64 bits per heavy atom. The molecule has 0 aromatic carbocycles. The van der Waals surface area contributed by atoms with E-state index in [9.17, 15) is 9.90 Å². The van der Waals surface area contributed by atoms with Crippen LogP contribution in [0.25, 0.3) is 0 Å². The number of allylic oxidation sites excluding steroid dienone is 3. The minimum Gasteiger partial charge on any atom is -0.423 e. The number of aliphatic hydroxyl groups is 1. The topological polar surface area (TPSA) is 46.5 Å². The van der Waals surface area contributed by atoms with Gasteiger partial charge in [0.1, 0.15) is 5.76 Å². The third-order valence-electron chi connectivity index (χ3n) is 1.52. The average molecular weight is 190 g/mol. The van der Waals surface area contributed by atoms with Gasteiger partial charge in [0, 0.05) is 12.5 Å². The second-order valence-electron chi connectivity index (χ2n) is 2.68. The normalized spacial score (nSPS) is 20.0. The highest BCUT2D eigenvalue weighted by molar-refractivity contribution is 5.86. The largest absolute Gasteiger partial charge is 0.423 e. The predicted molar refractivity (Wildman–Crippen MR) is 51.9 cm³/mol. The number of rotatable bonds is 3. The lowest BCUT2D eigenvalue weighted by Crippen LogP contribution is -1.98. The number of esters is 1. The lowest BCUT2D eigenvalue weighted by molar-refractivity contribution is -0.132. The van der Waals surface area contributed by atoms with Crippen LogP contribution in [0.2, 0.25) is 0 Å². The molecular weight excluding hydrogens is 180 g/mol. The molecule has 0 saturated heterocycles. The van der Waals surface area contributed by atoms with Gasteiger partial charge < -0.3 is 9.84 Å². The summed E-state index contributed by atoms with van der Waals surface area (Å²) in [6.07, 6.45) is 12.2. The quantitative estimate of drug-likeness (QED) is 0.531. The predicted octanol–water partition coefficient (Wildman–Crippen LogP) is 0.924. The summed E-state index contributed by atoms with van der Waals surface area (Å²) < 4.78 is 4.74. The number of ether oxygens (including phenoxy) is 1. The van der Waals surface area contributed by atoms with E-state index in [2.05, 4.69) is 5.92 Å². The molecule has 1 aliphatic heterocycles. The van der Waals surface area contributed by atoms with Crippen molar-refractivity contribution in [3.63, 3.8) is 0 Å². The molecule has 0 spiro atoms. The van der Waals surface area contributed by atoms with Crippen LogP contribution in [0.1, 0.15) is 6.42 Å². The Balaban J connectivity index is 2.44. The van der Waals surface area contributed by atoms with Crippen molar-refractivity contribution >= 4 is 5.97 Å². The van der Waals surface area contributed by atoms with Crippen molar-refractivity contribution in [1.29, 1.82) is 0 Å². The molecule has 1 unspecified atom stereocenters. The van der Waals surface area contributed by atoms with Crippen molar-refractivity contribution < 1.29 is 14.6 Å². The highest BCUT2D eigenvalue weighted by Gasteiger charge is 2.07. The fourth-order valence-corrected chi connectivity index (χ4v) is 0.891. The van der Waals surface area contributed by atoms with Gasteiger partial charge in [-0.3, -0.25) is 0 Å². The lowest BCUT2D eigenvalue weighted by atomic mass is 10.2. The molecule has 3 nitrogen and oxygen atoms in total. The second-order valence-corrected chi connectivity index (χ2v) is 2.68. The van der Waals surface area contributed by atoms with Crippen molar-refractivity contribution in [2.24, 2.45) is 0 Å². The first-order chi connectivity index (χ1) is 6.72. The van der Waals surface area contributed by atoms with E-state index in [-0.39, 0.29) is 12.4 Å². The SMILES string of the molecule is C#CCC(O)/C=C/C=C1/C=CC(=O)O1. The molecule has 0 aromatic rings. The van der Waals surface area contributed by atoms with Crippen LogP contribution in [-0.2, 0) is 9.53 Å². The number of aliphatic hydroxyl groups excluding tert-OH is 1. The highest BCUT2D eigenvalue weighted by Crippen LogP contribution is 2.08. The summed E-state index contributed by atoms with van der Waals surface area (Å²) in [5.74, 6) is 2.41. The van der Waals surface area contributed by atoms with E-state index in [0.29, 0.717) is 5.76 Å². The van der Waals surface area contributed by atoms with Crippen LogP contribution >= 0.6 is 0 Å². The van der Waals surface area contributed by atoms with Crippen LogP contribution in [-0.4, -0.2) is 17.2 Å². The Hall–Kier alpha value is -1.79. The molecule has 1 N–H and O–H groups in total. The smallest absolute Gasteiger partial charge is 0.336 e. The number of cyclic esters (lactones) is 1. The number of hydrogen-bond donors (Lipinski definition) is 1. The van der Waals surface area contributed by atoms with Gasteiger partial charge in [0.2, 0.25) is 0 Å². The lowest BCUT2D eigenvalue weighted by Gasteiger charge is -1.96. The molecule has 0 saturated carbocycles. The van der Waals surface area contributed by atoms with E-state index in [1.54, 1.807) is 18.2 Å². The van der Waals surface area contributed by atoms with Gasteiger partial charge in [0.05, 0.1) is 6.10 Å². The second kappa shape index (κ2) is 5.05. The Kier molecular flexibility index (Phi) is 3.71. The molecule has 0 aliphatic carbocycles. The van der Waals surface area contributed by atoms with Crippen molar-refractivity contribution in [3.05, 3.63) is 36.1 Å². The summed E-state index contributed by atoms with van der Waals surface area (Å²) in [6, 6.07) is 0. The fraction of sp³-hybridized carbons (Fsp3) is 0.182. The molecule has 0 bridgehead atoms. The molecule has 1 atom stereocenters. The maximum absolute atomic E-state index is 10.6. The average Bonchev–Trinajstić information content (AvgIpc) is 2.52. The molecule has 0 fully saturated rings. The van der Waals surface area contributed by atoms with E-state index < -0.39 is 6.10 Å². The van der Waals surface area contributed by atoms with Gasteiger partial charge in [0.15, 0.2) is 0 Å². The molecule has 3 heteroatoms. The third-order valence-corrected chi connectivity index (χ3v) is 1.52. The molecule has 0 radical (unpaired) electrons. The first kappa shape index (κ1) is 10.3. The molecule has 0 amide bonds. The third kappa shape index (κ3) is 3.30. The van der Waals surface area contributed by atoms with Crippen molar-refractivity contribution in [1.82, 2.24) is 0 Å². The van der Waals surface area contributed by atoms with Gasteiger partial charge >= 0.3 is 5.97 Å². The van der Waals surface area contributed by atoms with E-state index in [1.165, 1.54) is 12.2 Å². The zero-order valence-electron chi connectivity index (χ0n) is 7.51. The van der Waals surface area contributed by atoms with E-state index >= 15 is 0 Å². The zero-order valence-corrected chi connectivity index (χ0v) is 7.51. The van der Waals surface area contributed by atoms with Gasteiger partial charge in [0.25, 0.3) is 0 Å². The summed E-state index contributed by atoms with van der Waals surface area (Å²) in [5, 5.41) is 9.19. The molecule has 1 heterocycles. The van der Waals surface area contributed by atoms with E-state index in [0.717, 1.165) is 0 Å². The number of hydrogen-bond acceptors (Lipinski definition) is 3. The van der Waals surface area contributed by atoms with Crippen LogP contribution in [0.3, 0.4) is 0 Å². The molecule has 1 rings (SSSR count). The first-order valence-corrected chi connectivity index (χ1v) is 4.12. The van der Waals surface area contributed by atoms with Gasteiger partial charge in [-0.05, 0) is 12.2 Å². The van der Waals surface area contributed by atoms with E-state index in [1.807, 2.05) is 0 Å². The van der Waals surface area contributed by atoms with Crippen molar-refractivity contribution in [2.75, 3.05) is 0 Å². The summed E-state index contributed by atoms with van der Waals surface area (Å²) in [7, 11) is 0. The molecule has 0 aromatic heterocycles. The standard InChI is InChI=1S/C11H10O3/c1-2-4-9(12)5-3-6-10-7-8-11(13)14-10/h1,3,5-9,12H,4H2/b5-3+,10-6-.